The number of rotatable bonds is 4. The molecule has 0 unspecified atom stereocenters. The van der Waals surface area contributed by atoms with E-state index in [1.165, 1.54) is 17.2 Å². The Morgan fingerprint density at radius 3 is 2.72 bits per heavy atom. The first-order valence-electron chi connectivity index (χ1n) is 6.01. The maximum atomic E-state index is 11.2. The molecule has 0 spiro atoms. The highest BCUT2D eigenvalue weighted by Crippen LogP contribution is 2.49. The summed E-state index contributed by atoms with van der Waals surface area (Å²) in [5, 5.41) is 1.20. The summed E-state index contributed by atoms with van der Waals surface area (Å²) in [4.78, 5) is 3.25. The molecule has 0 amide bonds. The summed E-state index contributed by atoms with van der Waals surface area (Å²) < 4.78 is 25.1. The van der Waals surface area contributed by atoms with E-state index in [0.717, 1.165) is 18.4 Å². The lowest BCUT2D eigenvalue weighted by atomic mass is 9.96. The lowest BCUT2D eigenvalue weighted by Crippen LogP contribution is -2.31. The van der Waals surface area contributed by atoms with Gasteiger partial charge in [-0.05, 0) is 24.5 Å². The van der Waals surface area contributed by atoms with Crippen LogP contribution >= 0.6 is 0 Å². The monoisotopic (exact) mass is 264 g/mol. The minimum atomic E-state index is -3.12. The number of hydrogen-bond donors (Lipinski definition) is 2. The fourth-order valence-electron chi connectivity index (χ4n) is 2.47. The van der Waals surface area contributed by atoms with Gasteiger partial charge in [0, 0.05) is 29.1 Å². The van der Waals surface area contributed by atoms with Crippen LogP contribution in [0.25, 0.3) is 10.9 Å². The molecule has 1 fully saturated rings. The first kappa shape index (κ1) is 11.7. The van der Waals surface area contributed by atoms with Crippen LogP contribution in [0.4, 0.5) is 0 Å². The van der Waals surface area contributed by atoms with Crippen molar-refractivity contribution in [2.24, 2.45) is 0 Å². The fourth-order valence-corrected chi connectivity index (χ4v) is 3.01. The van der Waals surface area contributed by atoms with E-state index in [1.807, 2.05) is 24.4 Å². The zero-order valence-corrected chi connectivity index (χ0v) is 11.0. The van der Waals surface area contributed by atoms with Gasteiger partial charge in [0.2, 0.25) is 10.0 Å². The first-order chi connectivity index (χ1) is 8.50. The molecule has 1 aliphatic rings. The molecule has 1 saturated carbocycles. The van der Waals surface area contributed by atoms with Gasteiger partial charge in [0.15, 0.2) is 0 Å². The van der Waals surface area contributed by atoms with Crippen LogP contribution in [-0.4, -0.2) is 26.2 Å². The second-order valence-electron chi connectivity index (χ2n) is 5.12. The van der Waals surface area contributed by atoms with Crippen LogP contribution < -0.4 is 4.72 Å². The summed E-state index contributed by atoms with van der Waals surface area (Å²) in [6.45, 7) is 0.494. The molecular weight excluding hydrogens is 248 g/mol. The molecule has 3 rings (SSSR count). The van der Waals surface area contributed by atoms with Gasteiger partial charge in [-0.1, -0.05) is 18.2 Å². The SMILES string of the molecule is CS(=O)(=O)NCC1(c2c[nH]c3ccccc23)CC1. The van der Waals surface area contributed by atoms with Crippen molar-refractivity contribution in [1.29, 1.82) is 0 Å². The standard InChI is InChI=1S/C13H16N2O2S/c1-18(16,17)15-9-13(6-7-13)11-8-14-12-5-3-2-4-10(11)12/h2-5,8,14-15H,6-7,9H2,1H3. The largest absolute Gasteiger partial charge is 0.361 e. The van der Waals surface area contributed by atoms with Crippen LogP contribution in [0, 0.1) is 0 Å². The molecule has 4 nitrogen and oxygen atoms in total. The zero-order chi connectivity index (χ0) is 12.8. The van der Waals surface area contributed by atoms with Crippen LogP contribution in [0.5, 0.6) is 0 Å². The van der Waals surface area contributed by atoms with Crippen LogP contribution in [0.1, 0.15) is 18.4 Å². The summed E-state index contributed by atoms with van der Waals surface area (Å²) in [5.74, 6) is 0. The lowest BCUT2D eigenvalue weighted by molar-refractivity contribution is 0.573. The van der Waals surface area contributed by atoms with Gasteiger partial charge in [-0.15, -0.1) is 0 Å². The summed E-state index contributed by atoms with van der Waals surface area (Å²) in [7, 11) is -3.12. The second-order valence-corrected chi connectivity index (χ2v) is 6.95. The van der Waals surface area contributed by atoms with Crippen molar-refractivity contribution in [3.63, 3.8) is 0 Å². The number of nitrogens with one attached hydrogen (secondary N) is 2. The normalized spacial score (nSPS) is 18.1. The van der Waals surface area contributed by atoms with E-state index >= 15 is 0 Å². The maximum Gasteiger partial charge on any atom is 0.208 e. The third-order valence-corrected chi connectivity index (χ3v) is 4.36. The average Bonchev–Trinajstić information content (AvgIpc) is 2.98. The Bertz CT molecular complexity index is 684. The average molecular weight is 264 g/mol. The van der Waals surface area contributed by atoms with E-state index in [9.17, 15) is 8.42 Å². The van der Waals surface area contributed by atoms with Crippen LogP contribution in [0.15, 0.2) is 30.5 Å². The predicted molar refractivity (Wildman–Crippen MR) is 72.1 cm³/mol. The van der Waals surface area contributed by atoms with E-state index in [2.05, 4.69) is 15.8 Å². The minimum absolute atomic E-state index is 0.0112. The van der Waals surface area contributed by atoms with E-state index in [4.69, 9.17) is 0 Å². The van der Waals surface area contributed by atoms with Crippen molar-refractivity contribution in [2.75, 3.05) is 12.8 Å². The van der Waals surface area contributed by atoms with Gasteiger partial charge in [-0.2, -0.15) is 0 Å². The molecule has 0 radical (unpaired) electrons. The predicted octanol–water partition coefficient (Wildman–Crippen LogP) is 1.75. The van der Waals surface area contributed by atoms with Crippen molar-refractivity contribution in [3.8, 4) is 0 Å². The Morgan fingerprint density at radius 2 is 2.06 bits per heavy atom. The van der Waals surface area contributed by atoms with Gasteiger partial charge in [0.05, 0.1) is 6.26 Å². The molecule has 0 atom stereocenters. The highest BCUT2D eigenvalue weighted by atomic mass is 32.2. The summed E-state index contributed by atoms with van der Waals surface area (Å²) >= 11 is 0. The molecule has 2 aromatic rings. The molecular formula is C13H16N2O2S. The molecule has 0 bridgehead atoms. The molecule has 2 N–H and O–H groups in total. The first-order valence-corrected chi connectivity index (χ1v) is 7.91. The smallest absolute Gasteiger partial charge is 0.208 e. The van der Waals surface area contributed by atoms with Gasteiger partial charge < -0.3 is 4.98 Å². The molecule has 1 heterocycles. The lowest BCUT2D eigenvalue weighted by Gasteiger charge is -2.14. The van der Waals surface area contributed by atoms with Crippen molar-refractivity contribution >= 4 is 20.9 Å². The third kappa shape index (κ3) is 2.04. The maximum absolute atomic E-state index is 11.2. The van der Waals surface area contributed by atoms with Crippen molar-refractivity contribution in [2.45, 2.75) is 18.3 Å². The van der Waals surface area contributed by atoms with E-state index in [1.54, 1.807) is 0 Å². The summed E-state index contributed by atoms with van der Waals surface area (Å²) in [6, 6.07) is 8.14. The molecule has 96 valence electrons. The molecule has 1 aromatic heterocycles. The fraction of sp³-hybridized carbons (Fsp3) is 0.385. The van der Waals surface area contributed by atoms with E-state index < -0.39 is 10.0 Å². The Labute approximate surface area is 106 Å². The van der Waals surface area contributed by atoms with Crippen LogP contribution in [0.2, 0.25) is 0 Å². The quantitative estimate of drug-likeness (QED) is 0.883. The van der Waals surface area contributed by atoms with Gasteiger partial charge in [0.1, 0.15) is 0 Å². The van der Waals surface area contributed by atoms with Crippen molar-refractivity contribution in [3.05, 3.63) is 36.0 Å². The molecule has 1 aromatic carbocycles. The number of sulfonamides is 1. The molecule has 0 aliphatic heterocycles. The van der Waals surface area contributed by atoms with E-state index in [-0.39, 0.29) is 5.41 Å². The Hall–Kier alpha value is -1.33. The zero-order valence-electron chi connectivity index (χ0n) is 10.2. The Balaban J connectivity index is 1.94. The van der Waals surface area contributed by atoms with Crippen molar-refractivity contribution in [1.82, 2.24) is 9.71 Å². The van der Waals surface area contributed by atoms with E-state index in [0.29, 0.717) is 6.54 Å². The topological polar surface area (TPSA) is 62.0 Å². The molecule has 1 aliphatic carbocycles. The number of H-pyrrole nitrogens is 1. The summed E-state index contributed by atoms with van der Waals surface area (Å²) in [6.07, 6.45) is 5.30. The Kier molecular flexibility index (Phi) is 2.50. The minimum Gasteiger partial charge on any atom is -0.361 e. The highest BCUT2D eigenvalue weighted by molar-refractivity contribution is 7.88. The highest BCUT2D eigenvalue weighted by Gasteiger charge is 2.45. The van der Waals surface area contributed by atoms with Gasteiger partial charge >= 0.3 is 0 Å². The number of hydrogen-bond acceptors (Lipinski definition) is 2. The van der Waals surface area contributed by atoms with Gasteiger partial charge in [0.25, 0.3) is 0 Å². The van der Waals surface area contributed by atoms with Crippen LogP contribution in [0.3, 0.4) is 0 Å². The third-order valence-electron chi connectivity index (χ3n) is 3.69. The number of benzene rings is 1. The van der Waals surface area contributed by atoms with Crippen molar-refractivity contribution < 1.29 is 8.42 Å². The second kappa shape index (κ2) is 3.83. The number of para-hydroxylation sites is 1. The number of fused-ring (bicyclic) bond motifs is 1. The van der Waals surface area contributed by atoms with Crippen LogP contribution in [-0.2, 0) is 15.4 Å². The van der Waals surface area contributed by atoms with Gasteiger partial charge in [-0.3, -0.25) is 0 Å². The molecule has 5 heteroatoms. The Morgan fingerprint density at radius 1 is 1.33 bits per heavy atom. The molecule has 0 saturated heterocycles. The number of aromatic nitrogens is 1. The molecule has 18 heavy (non-hydrogen) atoms. The number of aromatic amines is 1. The van der Waals surface area contributed by atoms with Gasteiger partial charge in [-0.25, -0.2) is 13.1 Å². The summed E-state index contributed by atoms with van der Waals surface area (Å²) in [5.41, 5.74) is 2.33.